The number of amides is 2. The minimum Gasteiger partial charge on any atom is -0.465 e. The van der Waals surface area contributed by atoms with Gasteiger partial charge in [0.1, 0.15) is 5.00 Å². The molecule has 0 aliphatic carbocycles. The molecule has 0 bridgehead atoms. The molecule has 3 heterocycles. The molecular formula is C29H31N3O9S2. The number of sulfonamides is 1. The van der Waals surface area contributed by atoms with E-state index < -0.39 is 28.0 Å². The maximum atomic E-state index is 13.2. The third kappa shape index (κ3) is 6.31. The van der Waals surface area contributed by atoms with E-state index in [9.17, 15) is 22.8 Å². The summed E-state index contributed by atoms with van der Waals surface area (Å²) in [5, 5.41) is 3.14. The van der Waals surface area contributed by atoms with E-state index in [1.54, 1.807) is 13.8 Å². The molecule has 3 aromatic rings. The van der Waals surface area contributed by atoms with Crippen molar-refractivity contribution < 1.29 is 41.7 Å². The van der Waals surface area contributed by atoms with Crippen molar-refractivity contribution in [3.05, 3.63) is 69.6 Å². The van der Waals surface area contributed by atoms with E-state index in [0.29, 0.717) is 28.5 Å². The molecule has 228 valence electrons. The highest BCUT2D eigenvalue weighted by atomic mass is 32.2. The van der Waals surface area contributed by atoms with Gasteiger partial charge in [-0.3, -0.25) is 4.79 Å². The third-order valence-electron chi connectivity index (χ3n) is 7.18. The van der Waals surface area contributed by atoms with Gasteiger partial charge in [-0.1, -0.05) is 6.07 Å². The van der Waals surface area contributed by atoms with Gasteiger partial charge in [-0.15, -0.1) is 11.3 Å². The Labute approximate surface area is 253 Å². The van der Waals surface area contributed by atoms with Crippen LogP contribution in [0.2, 0.25) is 0 Å². The van der Waals surface area contributed by atoms with Crippen molar-refractivity contribution in [1.82, 2.24) is 9.21 Å². The van der Waals surface area contributed by atoms with E-state index in [1.807, 2.05) is 18.2 Å². The van der Waals surface area contributed by atoms with Crippen LogP contribution in [-0.2, 0) is 25.9 Å². The average molecular weight is 630 g/mol. The van der Waals surface area contributed by atoms with Crippen molar-refractivity contribution in [3.8, 4) is 11.5 Å². The summed E-state index contributed by atoms with van der Waals surface area (Å²) in [4.78, 5) is 40.2. The number of anilines is 1. The molecule has 0 unspecified atom stereocenters. The van der Waals surface area contributed by atoms with Gasteiger partial charge in [0.25, 0.3) is 5.91 Å². The van der Waals surface area contributed by atoms with E-state index in [1.165, 1.54) is 51.9 Å². The number of benzene rings is 2. The molecule has 1 fully saturated rings. The lowest BCUT2D eigenvalue weighted by atomic mass is 10.1. The normalized spacial score (nSPS) is 14.8. The van der Waals surface area contributed by atoms with Crippen LogP contribution in [0.3, 0.4) is 0 Å². The van der Waals surface area contributed by atoms with Crippen LogP contribution in [0, 0.1) is 6.92 Å². The van der Waals surface area contributed by atoms with Crippen LogP contribution in [0.25, 0.3) is 0 Å². The van der Waals surface area contributed by atoms with E-state index in [4.69, 9.17) is 18.9 Å². The van der Waals surface area contributed by atoms with Crippen LogP contribution < -0.4 is 14.8 Å². The van der Waals surface area contributed by atoms with Gasteiger partial charge >= 0.3 is 12.1 Å². The van der Waals surface area contributed by atoms with Gasteiger partial charge < -0.3 is 29.2 Å². The fourth-order valence-corrected chi connectivity index (χ4v) is 7.47. The molecule has 1 saturated heterocycles. The molecule has 2 aromatic carbocycles. The molecule has 2 aliphatic heterocycles. The number of carbonyl (C=O) groups excluding carboxylic acids is 3. The highest BCUT2D eigenvalue weighted by Crippen LogP contribution is 2.38. The number of nitrogens with zero attached hydrogens (tertiary/aromatic N) is 2. The molecule has 12 nitrogen and oxygen atoms in total. The van der Waals surface area contributed by atoms with Gasteiger partial charge in [-0.05, 0) is 61.4 Å². The largest absolute Gasteiger partial charge is 0.465 e. The standard InChI is InChI=1S/C29H31N3O9S2/c1-4-39-29(35)31-11-13-32(14-12-31)43(36,37)21-8-6-20(7-9-21)26(33)30-27-25(28(34)38-3)18(2)24(42-27)16-19-5-10-22-23(15-19)41-17-40-22/h5-10,15H,4,11-14,16-17H2,1-3H3,(H,30,33). The molecule has 0 saturated carbocycles. The number of esters is 1. The number of fused-ring (bicyclic) bond motifs is 1. The SMILES string of the molecule is CCOC(=O)N1CCN(S(=O)(=O)c2ccc(C(=O)Nc3sc(Cc4ccc5c(c4)OCO5)c(C)c3C(=O)OC)cc2)CC1. The number of carbonyl (C=O) groups is 3. The first kappa shape index (κ1) is 30.3. The number of thiophene rings is 1. The maximum Gasteiger partial charge on any atom is 0.409 e. The second kappa shape index (κ2) is 12.6. The lowest BCUT2D eigenvalue weighted by molar-refractivity contribution is 0.0601. The van der Waals surface area contributed by atoms with Crippen LogP contribution in [0.4, 0.5) is 9.80 Å². The molecular weight excluding hydrogens is 598 g/mol. The lowest BCUT2D eigenvalue weighted by Crippen LogP contribution is -2.50. The van der Waals surface area contributed by atoms with Gasteiger partial charge in [-0.25, -0.2) is 18.0 Å². The highest BCUT2D eigenvalue weighted by molar-refractivity contribution is 7.89. The summed E-state index contributed by atoms with van der Waals surface area (Å²) >= 11 is 1.27. The first-order chi connectivity index (χ1) is 20.6. The number of methoxy groups -OCH3 is 1. The lowest BCUT2D eigenvalue weighted by Gasteiger charge is -2.33. The molecule has 0 spiro atoms. The molecule has 1 N–H and O–H groups in total. The average Bonchev–Trinajstić information content (AvgIpc) is 3.60. The smallest absolute Gasteiger partial charge is 0.409 e. The molecule has 2 amide bonds. The maximum absolute atomic E-state index is 13.2. The zero-order valence-electron chi connectivity index (χ0n) is 23.9. The zero-order valence-corrected chi connectivity index (χ0v) is 25.5. The van der Waals surface area contributed by atoms with Gasteiger partial charge in [-0.2, -0.15) is 4.31 Å². The van der Waals surface area contributed by atoms with Crippen LogP contribution in [-0.4, -0.2) is 82.3 Å². The molecule has 5 rings (SSSR count). The Kier molecular flexibility index (Phi) is 8.89. The fraction of sp³-hybridized carbons (Fsp3) is 0.345. The van der Waals surface area contributed by atoms with Gasteiger partial charge in [0.05, 0.1) is 24.2 Å². The van der Waals surface area contributed by atoms with Crippen LogP contribution >= 0.6 is 11.3 Å². The van der Waals surface area contributed by atoms with E-state index >= 15 is 0 Å². The summed E-state index contributed by atoms with van der Waals surface area (Å²) in [5.74, 6) is 0.238. The zero-order chi connectivity index (χ0) is 30.7. The Bertz CT molecular complexity index is 1640. The second-order valence-corrected chi connectivity index (χ2v) is 12.8. The minimum atomic E-state index is -3.84. The quantitative estimate of drug-likeness (QED) is 0.368. The van der Waals surface area contributed by atoms with E-state index in [-0.39, 0.29) is 55.6 Å². The summed E-state index contributed by atoms with van der Waals surface area (Å²) in [5.41, 5.74) is 2.11. The monoisotopic (exact) mass is 629 g/mol. The Hall–Kier alpha value is -4.14. The number of piperazine rings is 1. The Morgan fingerprint density at radius 2 is 1.70 bits per heavy atom. The van der Waals surface area contributed by atoms with Crippen molar-refractivity contribution in [2.75, 3.05) is 52.0 Å². The van der Waals surface area contributed by atoms with Crippen molar-refractivity contribution in [2.45, 2.75) is 25.2 Å². The number of rotatable bonds is 8. The van der Waals surface area contributed by atoms with Crippen LogP contribution in [0.15, 0.2) is 47.4 Å². The van der Waals surface area contributed by atoms with Gasteiger partial charge in [0.15, 0.2) is 11.5 Å². The summed E-state index contributed by atoms with van der Waals surface area (Å²) < 4.78 is 48.5. The summed E-state index contributed by atoms with van der Waals surface area (Å²) in [6.07, 6.45) is 0.0272. The Morgan fingerprint density at radius 1 is 1.00 bits per heavy atom. The number of hydrogen-bond acceptors (Lipinski definition) is 10. The van der Waals surface area contributed by atoms with Crippen molar-refractivity contribution >= 4 is 44.3 Å². The molecule has 43 heavy (non-hydrogen) atoms. The van der Waals surface area contributed by atoms with E-state index in [2.05, 4.69) is 5.32 Å². The van der Waals surface area contributed by atoms with Gasteiger partial charge in [0.2, 0.25) is 16.8 Å². The van der Waals surface area contributed by atoms with Gasteiger partial charge in [0, 0.05) is 43.0 Å². The van der Waals surface area contributed by atoms with Crippen LogP contribution in [0.1, 0.15) is 43.6 Å². The second-order valence-electron chi connectivity index (χ2n) is 9.78. The number of hydrogen-bond donors (Lipinski definition) is 1. The predicted molar refractivity (Wildman–Crippen MR) is 158 cm³/mol. The first-order valence-corrected chi connectivity index (χ1v) is 15.8. The van der Waals surface area contributed by atoms with Crippen molar-refractivity contribution in [3.63, 3.8) is 0 Å². The number of nitrogens with one attached hydrogen (secondary N) is 1. The molecule has 0 atom stereocenters. The Morgan fingerprint density at radius 3 is 2.37 bits per heavy atom. The fourth-order valence-electron chi connectivity index (χ4n) is 4.83. The molecule has 0 radical (unpaired) electrons. The van der Waals surface area contributed by atoms with Crippen LogP contribution in [0.5, 0.6) is 11.5 Å². The summed E-state index contributed by atoms with van der Waals surface area (Å²) in [6, 6.07) is 11.2. The topological polar surface area (TPSA) is 141 Å². The third-order valence-corrected chi connectivity index (χ3v) is 10.3. The summed E-state index contributed by atoms with van der Waals surface area (Å²) in [7, 11) is -2.56. The summed E-state index contributed by atoms with van der Waals surface area (Å²) in [6.45, 7) is 4.62. The predicted octanol–water partition coefficient (Wildman–Crippen LogP) is 3.88. The number of ether oxygens (including phenoxy) is 4. The van der Waals surface area contributed by atoms with E-state index in [0.717, 1.165) is 10.4 Å². The first-order valence-electron chi connectivity index (χ1n) is 13.5. The molecule has 2 aliphatic rings. The minimum absolute atomic E-state index is 0.0295. The molecule has 14 heteroatoms. The molecule has 1 aromatic heterocycles. The Balaban J connectivity index is 1.29. The highest BCUT2D eigenvalue weighted by Gasteiger charge is 2.31. The van der Waals surface area contributed by atoms with Crippen molar-refractivity contribution in [2.24, 2.45) is 0 Å². The van der Waals surface area contributed by atoms with Crippen molar-refractivity contribution in [1.29, 1.82) is 0 Å².